The summed E-state index contributed by atoms with van der Waals surface area (Å²) in [6, 6.07) is 1.97. The van der Waals surface area contributed by atoms with Gasteiger partial charge in [-0.2, -0.15) is 17.0 Å². The first-order valence-corrected chi connectivity index (χ1v) is 5.19. The predicted octanol–water partition coefficient (Wildman–Crippen LogP) is 1.04. The average Bonchev–Trinajstić information content (AvgIpc) is 2.18. The fraction of sp³-hybridized carbons (Fsp3) is 0.333. The summed E-state index contributed by atoms with van der Waals surface area (Å²) in [7, 11) is 0. The van der Waals surface area contributed by atoms with Crippen molar-refractivity contribution in [2.24, 2.45) is 0 Å². The molecule has 13 heavy (non-hydrogen) atoms. The quantitative estimate of drug-likeness (QED) is 0.668. The molecule has 0 radical (unpaired) electrons. The summed E-state index contributed by atoms with van der Waals surface area (Å²) in [6.45, 7) is 0. The number of H-pyrrole nitrogens is 1. The lowest BCUT2D eigenvalue weighted by Gasteiger charge is -2.14. The van der Waals surface area contributed by atoms with Crippen molar-refractivity contribution < 1.29 is 0 Å². The van der Waals surface area contributed by atoms with Gasteiger partial charge in [0.05, 0.1) is 0 Å². The number of pyridine rings is 1. The maximum Gasteiger partial charge on any atom is 0.266 e. The first-order valence-electron chi connectivity index (χ1n) is 4.04. The Morgan fingerprint density at radius 3 is 3.23 bits per heavy atom. The summed E-state index contributed by atoms with van der Waals surface area (Å²) in [5, 5.41) is 8.80. The van der Waals surface area contributed by atoms with Crippen LogP contribution >= 0.6 is 11.8 Å². The Morgan fingerprint density at radius 2 is 2.46 bits per heavy atom. The highest BCUT2D eigenvalue weighted by molar-refractivity contribution is 7.98. The minimum absolute atomic E-state index is 0.256. The number of nitriles is 1. The lowest BCUT2D eigenvalue weighted by atomic mass is 10.0. The molecule has 1 aromatic heterocycles. The summed E-state index contributed by atoms with van der Waals surface area (Å²) in [5.74, 6) is 1.91. The molecular weight excluding hydrogens is 184 g/mol. The van der Waals surface area contributed by atoms with Gasteiger partial charge < -0.3 is 4.98 Å². The summed E-state index contributed by atoms with van der Waals surface area (Å²) >= 11 is 1.83. The van der Waals surface area contributed by atoms with E-state index in [2.05, 4.69) is 4.98 Å². The van der Waals surface area contributed by atoms with E-state index < -0.39 is 0 Å². The average molecular weight is 192 g/mol. The van der Waals surface area contributed by atoms with E-state index >= 15 is 0 Å². The van der Waals surface area contributed by atoms with Gasteiger partial charge in [-0.05, 0) is 23.3 Å². The van der Waals surface area contributed by atoms with E-state index in [1.165, 1.54) is 0 Å². The van der Waals surface area contributed by atoms with Gasteiger partial charge in [-0.1, -0.05) is 0 Å². The minimum atomic E-state index is -0.256. The summed E-state index contributed by atoms with van der Waals surface area (Å²) in [5.41, 5.74) is 2.10. The van der Waals surface area contributed by atoms with Gasteiger partial charge in [-0.3, -0.25) is 4.79 Å². The van der Waals surface area contributed by atoms with Crippen molar-refractivity contribution in [2.75, 3.05) is 5.75 Å². The van der Waals surface area contributed by atoms with Crippen LogP contribution in [0.1, 0.15) is 16.7 Å². The Kier molecular flexibility index (Phi) is 2.11. The fourth-order valence-electron chi connectivity index (χ4n) is 1.50. The van der Waals surface area contributed by atoms with Crippen LogP contribution in [0.25, 0.3) is 0 Å². The van der Waals surface area contributed by atoms with Crippen LogP contribution in [-0.4, -0.2) is 10.7 Å². The van der Waals surface area contributed by atoms with E-state index in [0.29, 0.717) is 5.56 Å². The first kappa shape index (κ1) is 8.39. The van der Waals surface area contributed by atoms with Crippen molar-refractivity contribution in [3.63, 3.8) is 0 Å². The third-order valence-corrected chi connectivity index (χ3v) is 3.17. The normalized spacial score (nSPS) is 14.7. The van der Waals surface area contributed by atoms with E-state index in [0.717, 1.165) is 29.1 Å². The molecule has 2 rings (SSSR count). The lowest BCUT2D eigenvalue weighted by molar-refractivity contribution is 1.02. The molecule has 0 saturated carbocycles. The maximum absolute atomic E-state index is 11.2. The van der Waals surface area contributed by atoms with Crippen LogP contribution in [0.15, 0.2) is 11.0 Å². The van der Waals surface area contributed by atoms with Crippen LogP contribution < -0.4 is 5.56 Å². The van der Waals surface area contributed by atoms with Gasteiger partial charge in [-0.15, -0.1) is 0 Å². The zero-order valence-electron chi connectivity index (χ0n) is 6.96. The topological polar surface area (TPSA) is 56.6 Å². The van der Waals surface area contributed by atoms with Gasteiger partial charge >= 0.3 is 0 Å². The van der Waals surface area contributed by atoms with Crippen LogP contribution in [-0.2, 0) is 12.2 Å². The molecule has 1 aromatic rings. The summed E-state index contributed by atoms with van der Waals surface area (Å²) in [4.78, 5) is 13.8. The largest absolute Gasteiger partial charge is 0.328 e. The molecule has 0 saturated heterocycles. The van der Waals surface area contributed by atoms with Crippen LogP contribution in [0.4, 0.5) is 0 Å². The second-order valence-electron chi connectivity index (χ2n) is 2.91. The number of aromatic amines is 1. The van der Waals surface area contributed by atoms with Gasteiger partial charge in [0.2, 0.25) is 0 Å². The van der Waals surface area contributed by atoms with Crippen LogP contribution in [0.2, 0.25) is 0 Å². The number of fused-ring (bicyclic) bond motifs is 1. The van der Waals surface area contributed by atoms with Crippen molar-refractivity contribution in [1.82, 2.24) is 4.98 Å². The highest BCUT2D eigenvalue weighted by Crippen LogP contribution is 2.24. The number of nitrogens with one attached hydrogen (secondary N) is 1. The standard InChI is InChI=1S/C9H8N2OS/c10-3-8-7-1-2-13-5-6(7)4-11-9(8)12/h4H,1-2,5H2,(H,11,12). The molecule has 0 bridgehead atoms. The molecule has 1 aliphatic heterocycles. The SMILES string of the molecule is N#Cc1c2c(c[nH]c1=O)CSCC2. The molecular formula is C9H8N2OS. The van der Waals surface area contributed by atoms with Crippen molar-refractivity contribution in [3.05, 3.63) is 33.2 Å². The van der Waals surface area contributed by atoms with Gasteiger partial charge in [0.1, 0.15) is 11.6 Å². The molecule has 0 spiro atoms. The third kappa shape index (κ3) is 1.36. The molecule has 0 fully saturated rings. The van der Waals surface area contributed by atoms with Gasteiger partial charge in [-0.25, -0.2) is 0 Å². The van der Waals surface area contributed by atoms with Gasteiger partial charge in [0, 0.05) is 11.9 Å². The summed E-state index contributed by atoms with van der Waals surface area (Å²) < 4.78 is 0. The number of hydrogen-bond donors (Lipinski definition) is 1. The van der Waals surface area contributed by atoms with Gasteiger partial charge in [0.25, 0.3) is 5.56 Å². The maximum atomic E-state index is 11.2. The monoisotopic (exact) mass is 192 g/mol. The highest BCUT2D eigenvalue weighted by Gasteiger charge is 2.15. The molecule has 0 atom stereocenters. The number of hydrogen-bond acceptors (Lipinski definition) is 3. The fourth-order valence-corrected chi connectivity index (χ4v) is 2.47. The Labute approximate surface area is 79.8 Å². The number of thioether (sulfide) groups is 1. The lowest BCUT2D eigenvalue weighted by Crippen LogP contribution is -2.17. The molecule has 2 heterocycles. The Hall–Kier alpha value is -1.21. The van der Waals surface area contributed by atoms with Gasteiger partial charge in [0.15, 0.2) is 0 Å². The molecule has 3 nitrogen and oxygen atoms in total. The number of aromatic nitrogens is 1. The van der Waals surface area contributed by atoms with Crippen LogP contribution in [0.3, 0.4) is 0 Å². The molecule has 1 N–H and O–H groups in total. The molecule has 0 unspecified atom stereocenters. The Bertz CT molecular complexity index is 430. The first-order chi connectivity index (χ1) is 6.33. The van der Waals surface area contributed by atoms with Crippen molar-refractivity contribution in [1.29, 1.82) is 5.26 Å². The van der Waals surface area contributed by atoms with Crippen molar-refractivity contribution in [3.8, 4) is 6.07 Å². The predicted molar refractivity (Wildman–Crippen MR) is 51.6 cm³/mol. The third-order valence-electron chi connectivity index (χ3n) is 2.16. The van der Waals surface area contributed by atoms with E-state index in [1.54, 1.807) is 6.20 Å². The van der Waals surface area contributed by atoms with Crippen molar-refractivity contribution in [2.45, 2.75) is 12.2 Å². The smallest absolute Gasteiger partial charge is 0.266 e. The Morgan fingerprint density at radius 1 is 1.62 bits per heavy atom. The second-order valence-corrected chi connectivity index (χ2v) is 4.02. The van der Waals surface area contributed by atoms with Crippen molar-refractivity contribution >= 4 is 11.8 Å². The van der Waals surface area contributed by atoms with E-state index in [1.807, 2.05) is 17.8 Å². The minimum Gasteiger partial charge on any atom is -0.328 e. The van der Waals surface area contributed by atoms with E-state index in [4.69, 9.17) is 5.26 Å². The molecule has 0 aliphatic carbocycles. The van der Waals surface area contributed by atoms with Crippen LogP contribution in [0, 0.1) is 11.3 Å². The highest BCUT2D eigenvalue weighted by atomic mass is 32.2. The number of nitrogens with zero attached hydrogens (tertiary/aromatic N) is 1. The molecule has 1 aliphatic rings. The van der Waals surface area contributed by atoms with E-state index in [9.17, 15) is 4.79 Å². The molecule has 66 valence electrons. The number of rotatable bonds is 0. The van der Waals surface area contributed by atoms with E-state index in [-0.39, 0.29) is 5.56 Å². The summed E-state index contributed by atoms with van der Waals surface area (Å²) in [6.07, 6.45) is 2.57. The zero-order chi connectivity index (χ0) is 9.26. The molecule has 0 aromatic carbocycles. The molecule has 4 heteroatoms. The second kappa shape index (κ2) is 3.27. The Balaban J connectivity index is 2.67. The van der Waals surface area contributed by atoms with Crippen LogP contribution in [0.5, 0.6) is 0 Å². The molecule has 0 amide bonds. The zero-order valence-corrected chi connectivity index (χ0v) is 7.78.